The van der Waals surface area contributed by atoms with E-state index in [1.165, 1.54) is 11.0 Å². The summed E-state index contributed by atoms with van der Waals surface area (Å²) in [7, 11) is 1.65. The van der Waals surface area contributed by atoms with Crippen LogP contribution in [0.5, 0.6) is 5.75 Å². The molecule has 1 aliphatic rings. The number of rotatable bonds is 1. The molecule has 0 spiro atoms. The van der Waals surface area contributed by atoms with Crippen molar-refractivity contribution >= 4 is 28.9 Å². The highest BCUT2D eigenvalue weighted by atomic mass is 127. The van der Waals surface area contributed by atoms with Crippen molar-refractivity contribution in [3.63, 3.8) is 0 Å². The van der Waals surface area contributed by atoms with Crippen molar-refractivity contribution in [2.75, 3.05) is 7.05 Å². The van der Waals surface area contributed by atoms with Crippen molar-refractivity contribution in [1.82, 2.24) is 4.90 Å². The van der Waals surface area contributed by atoms with Crippen LogP contribution in [0.3, 0.4) is 0 Å². The largest absolute Gasteiger partial charge is 0.425 e. The Hall–Kier alpha value is -0.850. The lowest BCUT2D eigenvalue weighted by Crippen LogP contribution is -2.18. The van der Waals surface area contributed by atoms with Crippen molar-refractivity contribution in [3.8, 4) is 5.75 Å². The van der Waals surface area contributed by atoms with E-state index in [4.69, 9.17) is 3.07 Å². The van der Waals surface area contributed by atoms with E-state index in [0.717, 1.165) is 0 Å². The molecular formula is C9H7FINO2. The summed E-state index contributed by atoms with van der Waals surface area (Å²) >= 11 is 1.59. The molecule has 0 fully saturated rings. The third kappa shape index (κ3) is 1.26. The smallest absolute Gasteiger partial charge is 0.257 e. The first-order valence-electron chi connectivity index (χ1n) is 4.00. The van der Waals surface area contributed by atoms with Crippen LogP contribution in [0.2, 0.25) is 0 Å². The fraction of sp³-hybridized carbons (Fsp3) is 0.222. The predicted molar refractivity (Wildman–Crippen MR) is 56.8 cm³/mol. The van der Waals surface area contributed by atoms with Crippen molar-refractivity contribution < 1.29 is 12.3 Å². The van der Waals surface area contributed by atoms with Gasteiger partial charge in [0.1, 0.15) is 0 Å². The van der Waals surface area contributed by atoms with Gasteiger partial charge >= 0.3 is 0 Å². The molecule has 1 amide bonds. The number of benzene rings is 1. The summed E-state index contributed by atoms with van der Waals surface area (Å²) < 4.78 is 18.4. The first kappa shape index (κ1) is 9.70. The lowest BCUT2D eigenvalue weighted by molar-refractivity contribution is 0.0813. The number of fused-ring (bicyclic) bond motifs is 1. The average molecular weight is 307 g/mol. The first-order valence-corrected chi connectivity index (χ1v) is 4.88. The Bertz CT molecular complexity index is 408. The number of amides is 1. The van der Waals surface area contributed by atoms with Gasteiger partial charge in [0, 0.05) is 13.6 Å². The number of carbonyl (C=O) groups is 1. The molecule has 0 saturated heterocycles. The summed E-state index contributed by atoms with van der Waals surface area (Å²) in [4.78, 5) is 13.0. The van der Waals surface area contributed by atoms with Gasteiger partial charge in [0.25, 0.3) is 5.91 Å². The second-order valence-corrected chi connectivity index (χ2v) is 3.59. The van der Waals surface area contributed by atoms with Gasteiger partial charge in [0.05, 0.1) is 5.56 Å². The molecule has 1 aliphatic heterocycles. The number of nitrogens with zero attached hydrogens (tertiary/aromatic N) is 1. The summed E-state index contributed by atoms with van der Waals surface area (Å²) in [5, 5.41) is 0. The Morgan fingerprint density at radius 2 is 2.29 bits per heavy atom. The zero-order valence-electron chi connectivity index (χ0n) is 7.38. The van der Waals surface area contributed by atoms with E-state index < -0.39 is 5.82 Å². The van der Waals surface area contributed by atoms with Crippen molar-refractivity contribution in [1.29, 1.82) is 0 Å². The summed E-state index contributed by atoms with van der Waals surface area (Å²) in [5.41, 5.74) is 0.855. The van der Waals surface area contributed by atoms with Gasteiger partial charge in [0.15, 0.2) is 34.6 Å². The standard InChI is InChI=1S/C9H7FINO2/c1-12-4-5-2-3-6(14-11)8(10)7(5)9(12)13/h2-3H,4H2,1H3. The van der Waals surface area contributed by atoms with Crippen molar-refractivity contribution in [2.24, 2.45) is 0 Å². The van der Waals surface area contributed by atoms with Gasteiger partial charge in [-0.25, -0.2) is 4.39 Å². The van der Waals surface area contributed by atoms with E-state index in [2.05, 4.69) is 0 Å². The van der Waals surface area contributed by atoms with Gasteiger partial charge in [-0.05, 0) is 11.6 Å². The molecule has 0 radical (unpaired) electrons. The van der Waals surface area contributed by atoms with Gasteiger partial charge in [-0.1, -0.05) is 6.07 Å². The fourth-order valence-corrected chi connectivity index (χ4v) is 1.88. The van der Waals surface area contributed by atoms with E-state index in [-0.39, 0.29) is 17.2 Å². The minimum atomic E-state index is -0.564. The quantitative estimate of drug-likeness (QED) is 0.744. The number of hydrogen-bond acceptors (Lipinski definition) is 2. The van der Waals surface area contributed by atoms with Crippen LogP contribution in [0.4, 0.5) is 4.39 Å². The summed E-state index contributed by atoms with van der Waals surface area (Å²) in [6.45, 7) is 0.465. The van der Waals surface area contributed by atoms with Crippen LogP contribution in [-0.4, -0.2) is 17.9 Å². The van der Waals surface area contributed by atoms with Crippen molar-refractivity contribution in [2.45, 2.75) is 6.54 Å². The zero-order valence-corrected chi connectivity index (χ0v) is 9.54. The molecule has 0 N–H and O–H groups in total. The molecule has 1 heterocycles. The van der Waals surface area contributed by atoms with E-state index in [9.17, 15) is 9.18 Å². The highest BCUT2D eigenvalue weighted by molar-refractivity contribution is 14.1. The molecule has 0 unspecified atom stereocenters. The molecular weight excluding hydrogens is 300 g/mol. The Morgan fingerprint density at radius 1 is 1.57 bits per heavy atom. The van der Waals surface area contributed by atoms with E-state index in [1.807, 2.05) is 0 Å². The van der Waals surface area contributed by atoms with Crippen LogP contribution in [0, 0.1) is 5.82 Å². The van der Waals surface area contributed by atoms with E-state index in [1.54, 1.807) is 36.1 Å². The third-order valence-corrected chi connectivity index (χ3v) is 2.72. The fourth-order valence-electron chi connectivity index (χ4n) is 1.54. The molecule has 5 heteroatoms. The van der Waals surface area contributed by atoms with Crippen LogP contribution in [0.1, 0.15) is 15.9 Å². The van der Waals surface area contributed by atoms with Crippen LogP contribution < -0.4 is 3.07 Å². The van der Waals surface area contributed by atoms with Gasteiger partial charge in [-0.2, -0.15) is 0 Å². The highest BCUT2D eigenvalue weighted by Gasteiger charge is 2.29. The molecule has 2 rings (SSSR count). The zero-order chi connectivity index (χ0) is 10.3. The topological polar surface area (TPSA) is 29.5 Å². The Morgan fingerprint density at radius 3 is 2.93 bits per heavy atom. The Labute approximate surface area is 94.5 Å². The molecule has 1 aromatic rings. The molecule has 3 nitrogen and oxygen atoms in total. The maximum atomic E-state index is 13.6. The van der Waals surface area contributed by atoms with Crippen LogP contribution in [0.25, 0.3) is 0 Å². The predicted octanol–water partition coefficient (Wildman–Crippen LogP) is 2.14. The van der Waals surface area contributed by atoms with Crippen molar-refractivity contribution in [3.05, 3.63) is 29.1 Å². The maximum absolute atomic E-state index is 13.6. The van der Waals surface area contributed by atoms with E-state index in [0.29, 0.717) is 12.1 Å². The Kier molecular flexibility index (Phi) is 2.34. The monoisotopic (exact) mass is 307 g/mol. The maximum Gasteiger partial charge on any atom is 0.257 e. The summed E-state index contributed by atoms with van der Waals surface area (Å²) in [5.74, 6) is -0.743. The number of carbonyl (C=O) groups excluding carboxylic acids is 1. The normalized spacial score (nSPS) is 14.5. The SMILES string of the molecule is CN1Cc2ccc(OI)c(F)c2C1=O. The van der Waals surface area contributed by atoms with Crippen LogP contribution in [0.15, 0.2) is 12.1 Å². The molecule has 0 bridgehead atoms. The first-order chi connectivity index (χ1) is 6.65. The number of halogens is 2. The molecule has 14 heavy (non-hydrogen) atoms. The molecule has 74 valence electrons. The molecule has 0 aromatic heterocycles. The van der Waals surface area contributed by atoms with Crippen LogP contribution in [-0.2, 0) is 6.54 Å². The lowest BCUT2D eigenvalue weighted by Gasteiger charge is -2.05. The summed E-state index contributed by atoms with van der Waals surface area (Å²) in [6.07, 6.45) is 0. The molecule has 0 aliphatic carbocycles. The molecule has 1 aromatic carbocycles. The van der Waals surface area contributed by atoms with Gasteiger partial charge in [-0.15, -0.1) is 0 Å². The van der Waals surface area contributed by atoms with Gasteiger partial charge < -0.3 is 7.97 Å². The highest BCUT2D eigenvalue weighted by Crippen LogP contribution is 2.30. The molecule has 0 saturated carbocycles. The average Bonchev–Trinajstić information content (AvgIpc) is 2.44. The Balaban J connectivity index is 2.60. The van der Waals surface area contributed by atoms with Gasteiger partial charge in [-0.3, -0.25) is 4.79 Å². The second-order valence-electron chi connectivity index (χ2n) is 3.15. The lowest BCUT2D eigenvalue weighted by atomic mass is 10.1. The van der Waals surface area contributed by atoms with Gasteiger partial charge in [0.2, 0.25) is 0 Å². The summed E-state index contributed by atoms with van der Waals surface area (Å²) in [6, 6.07) is 3.25. The van der Waals surface area contributed by atoms with Crippen LogP contribution >= 0.6 is 23.0 Å². The minimum absolute atomic E-state index is 0.105. The second kappa shape index (κ2) is 3.38. The van der Waals surface area contributed by atoms with E-state index >= 15 is 0 Å². The third-order valence-electron chi connectivity index (χ3n) is 2.24. The minimum Gasteiger partial charge on any atom is -0.425 e. The molecule has 0 atom stereocenters. The number of hydrogen-bond donors (Lipinski definition) is 0.